The highest BCUT2D eigenvalue weighted by Gasteiger charge is 2.13. The molecule has 0 aromatic heterocycles. The first kappa shape index (κ1) is 8.73. The smallest absolute Gasteiger partial charge is 0.375 e. The van der Waals surface area contributed by atoms with E-state index in [1.807, 2.05) is 0 Å². The molecule has 0 aromatic carbocycles. The van der Waals surface area contributed by atoms with Crippen molar-refractivity contribution in [3.63, 3.8) is 0 Å². The van der Waals surface area contributed by atoms with E-state index in [1.54, 1.807) is 6.92 Å². The topological polar surface area (TPSA) is 35.5 Å². The van der Waals surface area contributed by atoms with Crippen molar-refractivity contribution in [2.24, 2.45) is 0 Å². The number of hydrogen-bond donors (Lipinski definition) is 0. The van der Waals surface area contributed by atoms with Crippen LogP contribution in [0.2, 0.25) is 0 Å². The Balaban J connectivity index is 3.71. The van der Waals surface area contributed by atoms with Gasteiger partial charge < -0.3 is 9.05 Å². The third kappa shape index (κ3) is 4.25. The van der Waals surface area contributed by atoms with Gasteiger partial charge in [0.15, 0.2) is 0 Å². The summed E-state index contributed by atoms with van der Waals surface area (Å²) in [4.78, 5) is 0. The van der Waals surface area contributed by atoms with Crippen molar-refractivity contribution in [2.45, 2.75) is 6.92 Å². The quantitative estimate of drug-likeness (QED) is 0.454. The molecule has 0 heterocycles. The van der Waals surface area contributed by atoms with Crippen molar-refractivity contribution in [2.75, 3.05) is 13.3 Å². The van der Waals surface area contributed by atoms with Crippen LogP contribution in [-0.4, -0.2) is 13.3 Å². The summed E-state index contributed by atoms with van der Waals surface area (Å²) in [6.45, 7) is 6.80. The Morgan fingerprint density at radius 3 is 2.67 bits per heavy atom. The van der Waals surface area contributed by atoms with Gasteiger partial charge >= 0.3 is 7.60 Å². The molecule has 3 nitrogen and oxygen atoms in total. The number of hydrogen-bond acceptors (Lipinski definition) is 3. The molecule has 0 amide bonds. The van der Waals surface area contributed by atoms with E-state index in [-0.39, 0.29) is 0 Å². The predicted octanol–water partition coefficient (Wildman–Crippen LogP) is 2.01. The van der Waals surface area contributed by atoms with E-state index >= 15 is 0 Å². The molecule has 1 unspecified atom stereocenters. The lowest BCUT2D eigenvalue weighted by Crippen LogP contribution is -1.87. The minimum atomic E-state index is -2.81. The fourth-order valence-electron chi connectivity index (χ4n) is 0.400. The maximum atomic E-state index is 10.9. The van der Waals surface area contributed by atoms with Crippen molar-refractivity contribution in [3.8, 4) is 0 Å². The third-order valence-electron chi connectivity index (χ3n) is 0.630. The molecule has 0 aromatic rings. The van der Waals surface area contributed by atoms with Crippen LogP contribution >= 0.6 is 7.60 Å². The highest BCUT2D eigenvalue weighted by molar-refractivity contribution is 7.53. The van der Waals surface area contributed by atoms with Gasteiger partial charge in [0.25, 0.3) is 0 Å². The lowest BCUT2D eigenvalue weighted by molar-refractivity contribution is 0.268. The van der Waals surface area contributed by atoms with Crippen LogP contribution in [0.3, 0.4) is 0 Å². The first-order valence-electron chi connectivity index (χ1n) is 2.63. The van der Waals surface area contributed by atoms with Gasteiger partial charge in [-0.1, -0.05) is 6.58 Å². The van der Waals surface area contributed by atoms with E-state index in [1.165, 1.54) is 6.66 Å². The maximum absolute atomic E-state index is 10.9. The van der Waals surface area contributed by atoms with Crippen molar-refractivity contribution in [1.82, 2.24) is 0 Å². The second-order valence-corrected chi connectivity index (χ2v) is 3.47. The van der Waals surface area contributed by atoms with Crippen LogP contribution in [0.4, 0.5) is 0 Å². The molecular formula is C5H11O3P. The van der Waals surface area contributed by atoms with Crippen LogP contribution < -0.4 is 0 Å². The zero-order valence-electron chi connectivity index (χ0n) is 5.66. The standard InChI is InChI=1S/C5H11O3P/c1-4-7-9(3,6)8-5-2/h4H,1,5H2,2-3H3. The Kier molecular flexibility index (Phi) is 3.59. The largest absolute Gasteiger partial charge is 0.433 e. The summed E-state index contributed by atoms with van der Waals surface area (Å²) in [6.07, 6.45) is 1.12. The maximum Gasteiger partial charge on any atom is 0.375 e. The molecule has 0 rings (SSSR count). The van der Waals surface area contributed by atoms with E-state index in [0.717, 1.165) is 6.26 Å². The molecule has 0 saturated carbocycles. The van der Waals surface area contributed by atoms with Crippen LogP contribution in [0.5, 0.6) is 0 Å². The van der Waals surface area contributed by atoms with Gasteiger partial charge in [0, 0.05) is 6.66 Å². The summed E-state index contributed by atoms with van der Waals surface area (Å²) >= 11 is 0. The van der Waals surface area contributed by atoms with Gasteiger partial charge in [-0.25, -0.2) is 4.57 Å². The van der Waals surface area contributed by atoms with Gasteiger partial charge in [-0.3, -0.25) is 0 Å². The van der Waals surface area contributed by atoms with E-state index in [9.17, 15) is 4.57 Å². The summed E-state index contributed by atoms with van der Waals surface area (Å²) < 4.78 is 20.2. The van der Waals surface area contributed by atoms with Gasteiger partial charge in [-0.15, -0.1) is 0 Å². The van der Waals surface area contributed by atoms with Gasteiger partial charge in [-0.05, 0) is 6.92 Å². The Morgan fingerprint density at radius 1 is 1.78 bits per heavy atom. The van der Waals surface area contributed by atoms with Crippen LogP contribution in [-0.2, 0) is 13.6 Å². The fourth-order valence-corrected chi connectivity index (χ4v) is 1.20. The lowest BCUT2D eigenvalue weighted by Gasteiger charge is -2.09. The molecule has 0 aliphatic carbocycles. The molecule has 54 valence electrons. The van der Waals surface area contributed by atoms with Crippen LogP contribution in [0, 0.1) is 0 Å². The van der Waals surface area contributed by atoms with Crippen molar-refractivity contribution in [1.29, 1.82) is 0 Å². The summed E-state index contributed by atoms with van der Waals surface area (Å²) in [7, 11) is -2.81. The second kappa shape index (κ2) is 3.70. The molecule has 1 atom stereocenters. The Bertz CT molecular complexity index is 132. The molecule has 4 heteroatoms. The van der Waals surface area contributed by atoms with Crippen molar-refractivity contribution >= 4 is 7.60 Å². The molecule has 0 N–H and O–H groups in total. The molecular weight excluding hydrogens is 139 g/mol. The van der Waals surface area contributed by atoms with Gasteiger partial charge in [0.1, 0.15) is 0 Å². The normalized spacial score (nSPS) is 16.2. The average Bonchev–Trinajstić information content (AvgIpc) is 1.64. The Labute approximate surface area is 55.2 Å². The first-order chi connectivity index (χ1) is 4.12. The summed E-state index contributed by atoms with van der Waals surface area (Å²) in [5, 5.41) is 0. The predicted molar refractivity (Wildman–Crippen MR) is 36.4 cm³/mol. The monoisotopic (exact) mass is 150 g/mol. The second-order valence-electron chi connectivity index (χ2n) is 1.46. The van der Waals surface area contributed by atoms with Crippen LogP contribution in [0.1, 0.15) is 6.92 Å². The van der Waals surface area contributed by atoms with Crippen LogP contribution in [0.25, 0.3) is 0 Å². The number of rotatable bonds is 4. The van der Waals surface area contributed by atoms with E-state index < -0.39 is 7.60 Å². The molecule has 0 aliphatic heterocycles. The average molecular weight is 150 g/mol. The Morgan fingerprint density at radius 2 is 2.33 bits per heavy atom. The highest BCUT2D eigenvalue weighted by atomic mass is 31.2. The summed E-state index contributed by atoms with van der Waals surface area (Å²) in [5.74, 6) is 0. The molecule has 9 heavy (non-hydrogen) atoms. The van der Waals surface area contributed by atoms with Crippen molar-refractivity contribution < 1.29 is 13.6 Å². The van der Waals surface area contributed by atoms with Gasteiger partial charge in [0.2, 0.25) is 0 Å². The lowest BCUT2D eigenvalue weighted by atomic mass is 10.9. The fraction of sp³-hybridized carbons (Fsp3) is 0.600. The summed E-state index contributed by atoms with van der Waals surface area (Å²) in [6, 6.07) is 0. The van der Waals surface area contributed by atoms with Crippen molar-refractivity contribution in [3.05, 3.63) is 12.8 Å². The zero-order chi connectivity index (χ0) is 7.33. The van der Waals surface area contributed by atoms with Gasteiger partial charge in [0.05, 0.1) is 12.9 Å². The molecule has 0 aliphatic rings. The molecule has 0 radical (unpaired) electrons. The third-order valence-corrected chi connectivity index (χ3v) is 1.89. The zero-order valence-corrected chi connectivity index (χ0v) is 6.56. The minimum Gasteiger partial charge on any atom is -0.433 e. The molecule has 0 saturated heterocycles. The SMILES string of the molecule is C=COP(C)(=O)OCC. The minimum absolute atomic E-state index is 0.390. The van der Waals surface area contributed by atoms with E-state index in [2.05, 4.69) is 11.1 Å². The van der Waals surface area contributed by atoms with E-state index in [4.69, 9.17) is 4.52 Å². The molecule has 0 spiro atoms. The van der Waals surface area contributed by atoms with Gasteiger partial charge in [-0.2, -0.15) is 0 Å². The first-order valence-corrected chi connectivity index (χ1v) is 4.62. The molecule has 0 fully saturated rings. The highest BCUT2D eigenvalue weighted by Crippen LogP contribution is 2.43. The molecule has 0 bridgehead atoms. The van der Waals surface area contributed by atoms with Crippen LogP contribution in [0.15, 0.2) is 12.8 Å². The summed E-state index contributed by atoms with van der Waals surface area (Å²) in [5.41, 5.74) is 0. The Hall–Kier alpha value is -0.270. The van der Waals surface area contributed by atoms with E-state index in [0.29, 0.717) is 6.61 Å².